The van der Waals surface area contributed by atoms with Gasteiger partial charge in [-0.2, -0.15) is 0 Å². The molecule has 1 rings (SSSR count). The van der Waals surface area contributed by atoms with Gasteiger partial charge in [0, 0.05) is 0 Å². The molecule has 0 aromatic rings. The Morgan fingerprint density at radius 3 is 2.64 bits per heavy atom. The van der Waals surface area contributed by atoms with Crippen molar-refractivity contribution in [3.63, 3.8) is 0 Å². The lowest BCUT2D eigenvalue weighted by Gasteiger charge is -2.30. The van der Waals surface area contributed by atoms with Gasteiger partial charge < -0.3 is 5.11 Å². The topological polar surface area (TPSA) is 20.2 Å². The molecule has 1 aliphatic carbocycles. The number of aliphatic hydroxyl groups is 1. The molecule has 1 saturated carbocycles. The Kier molecular flexibility index (Phi) is 3.38. The second-order valence-corrected chi connectivity index (χ2v) is 4.01. The van der Waals surface area contributed by atoms with Crippen molar-refractivity contribution in [2.75, 3.05) is 0 Å². The minimum atomic E-state index is -0.0136. The molecule has 0 amide bonds. The van der Waals surface area contributed by atoms with Crippen molar-refractivity contribution < 1.29 is 5.11 Å². The maximum Gasteiger partial charge on any atom is 0.0568 e. The Labute approximate surface area is 69.8 Å². The van der Waals surface area contributed by atoms with Gasteiger partial charge in [0.05, 0.1) is 6.10 Å². The van der Waals surface area contributed by atoms with Crippen LogP contribution in [0.2, 0.25) is 0 Å². The van der Waals surface area contributed by atoms with Gasteiger partial charge in [-0.3, -0.25) is 0 Å². The van der Waals surface area contributed by atoms with E-state index in [2.05, 4.69) is 13.8 Å². The molecule has 0 saturated heterocycles. The quantitative estimate of drug-likeness (QED) is 0.651. The molecule has 0 aromatic carbocycles. The third kappa shape index (κ3) is 2.48. The lowest BCUT2D eigenvalue weighted by atomic mass is 9.79. The highest BCUT2D eigenvalue weighted by molar-refractivity contribution is 4.76. The number of hydrogen-bond acceptors (Lipinski definition) is 1. The van der Waals surface area contributed by atoms with Crippen molar-refractivity contribution in [1.82, 2.24) is 0 Å². The fourth-order valence-electron chi connectivity index (χ4n) is 2.05. The molecule has 1 fully saturated rings. The van der Waals surface area contributed by atoms with Crippen molar-refractivity contribution in [2.45, 2.75) is 52.1 Å². The Bertz CT molecular complexity index is 111. The van der Waals surface area contributed by atoms with E-state index in [1.807, 2.05) is 0 Å². The van der Waals surface area contributed by atoms with Gasteiger partial charge in [-0.15, -0.1) is 0 Å². The Morgan fingerprint density at radius 1 is 1.36 bits per heavy atom. The molecule has 66 valence electrons. The van der Waals surface area contributed by atoms with Gasteiger partial charge in [-0.05, 0) is 24.7 Å². The van der Waals surface area contributed by atoms with Crippen LogP contribution in [0.25, 0.3) is 0 Å². The van der Waals surface area contributed by atoms with Crippen LogP contribution in [0, 0.1) is 11.8 Å². The van der Waals surface area contributed by atoms with Crippen molar-refractivity contribution in [3.05, 3.63) is 0 Å². The lowest BCUT2D eigenvalue weighted by Crippen LogP contribution is -2.27. The normalized spacial score (nSPS) is 39.0. The Hall–Kier alpha value is -0.0400. The van der Waals surface area contributed by atoms with E-state index < -0.39 is 0 Å². The molecule has 0 heterocycles. The van der Waals surface area contributed by atoms with Gasteiger partial charge in [-0.25, -0.2) is 0 Å². The summed E-state index contributed by atoms with van der Waals surface area (Å²) in [6.45, 7) is 4.39. The largest absolute Gasteiger partial charge is 0.393 e. The van der Waals surface area contributed by atoms with Crippen LogP contribution in [-0.2, 0) is 0 Å². The summed E-state index contributed by atoms with van der Waals surface area (Å²) in [6.07, 6.45) is 6.18. The zero-order valence-electron chi connectivity index (χ0n) is 7.71. The van der Waals surface area contributed by atoms with Gasteiger partial charge in [0.15, 0.2) is 0 Å². The van der Waals surface area contributed by atoms with Gasteiger partial charge in [0.25, 0.3) is 0 Å². The fourth-order valence-corrected chi connectivity index (χ4v) is 2.05. The Morgan fingerprint density at radius 2 is 2.09 bits per heavy atom. The van der Waals surface area contributed by atoms with Crippen LogP contribution in [-0.4, -0.2) is 11.2 Å². The van der Waals surface area contributed by atoms with Gasteiger partial charge in [0.2, 0.25) is 0 Å². The first-order chi connectivity index (χ1) is 5.24. The smallest absolute Gasteiger partial charge is 0.0568 e. The average molecular weight is 156 g/mol. The fraction of sp³-hybridized carbons (Fsp3) is 1.00. The summed E-state index contributed by atoms with van der Waals surface area (Å²) < 4.78 is 0. The second kappa shape index (κ2) is 4.10. The van der Waals surface area contributed by atoms with Crippen molar-refractivity contribution in [1.29, 1.82) is 0 Å². The second-order valence-electron chi connectivity index (χ2n) is 4.01. The molecule has 1 aliphatic rings. The summed E-state index contributed by atoms with van der Waals surface area (Å²) >= 11 is 0. The van der Waals surface area contributed by atoms with Crippen LogP contribution in [0.5, 0.6) is 0 Å². The Balaban J connectivity index is 2.28. The number of aliphatic hydroxyl groups excluding tert-OH is 1. The number of rotatable bonds is 2. The van der Waals surface area contributed by atoms with Crippen LogP contribution < -0.4 is 0 Å². The monoisotopic (exact) mass is 156 g/mol. The molecule has 1 nitrogen and oxygen atoms in total. The summed E-state index contributed by atoms with van der Waals surface area (Å²) in [4.78, 5) is 0. The first kappa shape index (κ1) is 9.05. The molecule has 0 radical (unpaired) electrons. The van der Waals surface area contributed by atoms with E-state index in [0.717, 1.165) is 12.3 Å². The van der Waals surface area contributed by atoms with Gasteiger partial charge in [-0.1, -0.05) is 33.1 Å². The molecule has 0 aliphatic heterocycles. The van der Waals surface area contributed by atoms with Crippen LogP contribution >= 0.6 is 0 Å². The zero-order chi connectivity index (χ0) is 8.27. The predicted molar refractivity (Wildman–Crippen MR) is 47.4 cm³/mol. The van der Waals surface area contributed by atoms with E-state index in [9.17, 15) is 5.11 Å². The SMILES string of the molecule is CCC[C@H]1CC[C@H](C)[C@H](O)C1. The highest BCUT2D eigenvalue weighted by Crippen LogP contribution is 2.31. The third-order valence-electron chi connectivity index (χ3n) is 2.96. The molecule has 0 aromatic heterocycles. The average Bonchev–Trinajstić information content (AvgIpc) is 1.98. The molecule has 1 N–H and O–H groups in total. The summed E-state index contributed by atoms with van der Waals surface area (Å²) in [5.74, 6) is 1.36. The third-order valence-corrected chi connectivity index (χ3v) is 2.96. The molecule has 0 bridgehead atoms. The van der Waals surface area contributed by atoms with Crippen molar-refractivity contribution in [3.8, 4) is 0 Å². The van der Waals surface area contributed by atoms with Crippen LogP contribution in [0.4, 0.5) is 0 Å². The molecular formula is C10H20O. The molecule has 0 spiro atoms. The van der Waals surface area contributed by atoms with Crippen molar-refractivity contribution in [2.24, 2.45) is 11.8 Å². The maximum absolute atomic E-state index is 9.57. The van der Waals surface area contributed by atoms with Gasteiger partial charge >= 0.3 is 0 Å². The highest BCUT2D eigenvalue weighted by atomic mass is 16.3. The molecule has 11 heavy (non-hydrogen) atoms. The molecule has 0 unspecified atom stereocenters. The van der Waals surface area contributed by atoms with E-state index in [1.54, 1.807) is 0 Å². The van der Waals surface area contributed by atoms with Gasteiger partial charge in [0.1, 0.15) is 0 Å². The minimum absolute atomic E-state index is 0.0136. The number of hydrogen-bond donors (Lipinski definition) is 1. The summed E-state index contributed by atoms with van der Waals surface area (Å²) in [5, 5.41) is 9.57. The van der Waals surface area contributed by atoms with Crippen molar-refractivity contribution >= 4 is 0 Å². The molecular weight excluding hydrogens is 136 g/mol. The van der Waals surface area contributed by atoms with E-state index in [0.29, 0.717) is 5.92 Å². The maximum atomic E-state index is 9.57. The standard InChI is InChI=1S/C10H20O/c1-3-4-9-6-5-8(2)10(11)7-9/h8-11H,3-7H2,1-2H3/t8-,9-,10+/m0/s1. The highest BCUT2D eigenvalue weighted by Gasteiger charge is 2.24. The molecule has 1 heteroatoms. The summed E-state index contributed by atoms with van der Waals surface area (Å²) in [6, 6.07) is 0. The van der Waals surface area contributed by atoms with E-state index >= 15 is 0 Å². The van der Waals surface area contributed by atoms with Crippen LogP contribution in [0.3, 0.4) is 0 Å². The summed E-state index contributed by atoms with van der Waals surface area (Å²) in [7, 11) is 0. The van der Waals surface area contributed by atoms with E-state index in [4.69, 9.17) is 0 Å². The molecule has 3 atom stereocenters. The minimum Gasteiger partial charge on any atom is -0.393 e. The predicted octanol–water partition coefficient (Wildman–Crippen LogP) is 2.58. The lowest BCUT2D eigenvalue weighted by molar-refractivity contribution is 0.0510. The van der Waals surface area contributed by atoms with E-state index in [1.165, 1.54) is 25.7 Å². The van der Waals surface area contributed by atoms with Crippen LogP contribution in [0.15, 0.2) is 0 Å². The zero-order valence-corrected chi connectivity index (χ0v) is 7.71. The summed E-state index contributed by atoms with van der Waals surface area (Å²) in [5.41, 5.74) is 0. The van der Waals surface area contributed by atoms with Crippen LogP contribution in [0.1, 0.15) is 46.0 Å². The van der Waals surface area contributed by atoms with E-state index in [-0.39, 0.29) is 6.10 Å². The first-order valence-corrected chi connectivity index (χ1v) is 4.92. The first-order valence-electron chi connectivity index (χ1n) is 4.92.